The van der Waals surface area contributed by atoms with Crippen LogP contribution in [0.3, 0.4) is 0 Å². The van der Waals surface area contributed by atoms with Crippen molar-refractivity contribution in [1.82, 2.24) is 19.6 Å². The average Bonchev–Trinajstić information content (AvgIpc) is 3.23. The van der Waals surface area contributed by atoms with Crippen LogP contribution in [0.15, 0.2) is 65.5 Å². The molecule has 0 amide bonds. The van der Waals surface area contributed by atoms with Crippen LogP contribution in [0.5, 0.6) is 11.5 Å². The molecule has 0 atom stereocenters. The van der Waals surface area contributed by atoms with Gasteiger partial charge >= 0.3 is 0 Å². The fourth-order valence-electron chi connectivity index (χ4n) is 2.91. The van der Waals surface area contributed by atoms with Gasteiger partial charge in [-0.3, -0.25) is 9.89 Å². The minimum Gasteiger partial charge on any atom is -0.491 e. The first-order valence-corrected chi connectivity index (χ1v) is 9.76. The van der Waals surface area contributed by atoms with Crippen molar-refractivity contribution in [2.24, 2.45) is 0 Å². The number of nitrogens with one attached hydrogen (secondary N) is 1. The zero-order chi connectivity index (χ0) is 21.5. The van der Waals surface area contributed by atoms with Crippen LogP contribution in [-0.4, -0.2) is 46.1 Å². The average molecular weight is 424 g/mol. The van der Waals surface area contributed by atoms with E-state index in [1.165, 1.54) is 10.6 Å². The molecule has 160 valence electrons. The minimum absolute atomic E-state index is 0.0622. The predicted octanol–water partition coefficient (Wildman–Crippen LogP) is 3.03. The number of rotatable bonds is 10. The zero-order valence-electron chi connectivity index (χ0n) is 16.7. The second kappa shape index (κ2) is 9.86. The van der Waals surface area contributed by atoms with Crippen LogP contribution in [0.1, 0.15) is 5.69 Å². The maximum absolute atomic E-state index is 12.4. The number of fused-ring (bicyclic) bond motifs is 1. The predicted molar refractivity (Wildman–Crippen MR) is 112 cm³/mol. The number of hydrogen-bond donors (Lipinski definition) is 1. The molecule has 0 radical (unpaired) electrons. The molecule has 0 bridgehead atoms. The van der Waals surface area contributed by atoms with Crippen LogP contribution < -0.4 is 15.0 Å². The molecule has 0 saturated carbocycles. The highest BCUT2D eigenvalue weighted by atomic mass is 19.1. The summed E-state index contributed by atoms with van der Waals surface area (Å²) in [7, 11) is 0. The Morgan fingerprint density at radius 2 is 1.71 bits per heavy atom. The topological polar surface area (TPSA) is 90.7 Å². The quantitative estimate of drug-likeness (QED) is 0.394. The molecular weight excluding hydrogens is 403 g/mol. The van der Waals surface area contributed by atoms with E-state index in [1.54, 1.807) is 24.3 Å². The van der Waals surface area contributed by atoms with E-state index in [0.29, 0.717) is 36.2 Å². The van der Waals surface area contributed by atoms with Crippen molar-refractivity contribution in [3.63, 3.8) is 0 Å². The van der Waals surface area contributed by atoms with Crippen molar-refractivity contribution in [3.05, 3.63) is 76.7 Å². The number of H-pyrrole nitrogens is 1. The van der Waals surface area contributed by atoms with Crippen LogP contribution in [-0.2, 0) is 11.3 Å². The molecule has 2 heterocycles. The van der Waals surface area contributed by atoms with Gasteiger partial charge in [-0.1, -0.05) is 36.4 Å². The lowest BCUT2D eigenvalue weighted by Crippen LogP contribution is -2.16. The van der Waals surface area contributed by atoms with Gasteiger partial charge in [0.05, 0.1) is 18.9 Å². The molecule has 0 aliphatic carbocycles. The number of nitrogens with zero attached hydrogens (tertiary/aromatic N) is 3. The monoisotopic (exact) mass is 424 g/mol. The Labute approximate surface area is 177 Å². The highest BCUT2D eigenvalue weighted by Gasteiger charge is 2.10. The molecular formula is C22H21FN4O4. The molecule has 0 saturated heterocycles. The van der Waals surface area contributed by atoms with Crippen LogP contribution in [0.25, 0.3) is 17.2 Å². The molecule has 0 spiro atoms. The summed E-state index contributed by atoms with van der Waals surface area (Å²) in [5.41, 5.74) is 1.04. The van der Waals surface area contributed by atoms with Crippen molar-refractivity contribution in [2.45, 2.75) is 6.61 Å². The zero-order valence-corrected chi connectivity index (χ0v) is 16.7. The van der Waals surface area contributed by atoms with E-state index in [9.17, 15) is 9.18 Å². The minimum atomic E-state index is -0.515. The second-order valence-corrected chi connectivity index (χ2v) is 6.57. The van der Waals surface area contributed by atoms with E-state index in [1.807, 2.05) is 30.3 Å². The summed E-state index contributed by atoms with van der Waals surface area (Å²) < 4.78 is 29.7. The third kappa shape index (κ3) is 5.26. The molecule has 8 nitrogen and oxygen atoms in total. The number of hydrogen-bond acceptors (Lipinski definition) is 6. The largest absolute Gasteiger partial charge is 0.491 e. The standard InChI is InChI=1S/C22H21FN4O4/c23-9-10-29-11-12-30-18-7-4-8-19(14-18)31-15-17-13-20(28)27-22(24-17)25-21(26-27)16-5-2-1-3-6-16/h1-8,13-14H,9-12,15H2,(H,24,25,26). The number of halogens is 1. The number of ether oxygens (including phenoxy) is 3. The van der Waals surface area contributed by atoms with E-state index in [4.69, 9.17) is 14.2 Å². The molecule has 1 N–H and O–H groups in total. The first kappa shape index (κ1) is 20.5. The Morgan fingerprint density at radius 1 is 0.903 bits per heavy atom. The van der Waals surface area contributed by atoms with Gasteiger partial charge in [0.25, 0.3) is 11.3 Å². The smallest absolute Gasteiger partial charge is 0.274 e. The van der Waals surface area contributed by atoms with E-state index in [-0.39, 0.29) is 24.6 Å². The van der Waals surface area contributed by atoms with E-state index < -0.39 is 6.67 Å². The highest BCUT2D eigenvalue weighted by Crippen LogP contribution is 2.20. The molecule has 31 heavy (non-hydrogen) atoms. The Morgan fingerprint density at radius 3 is 2.52 bits per heavy atom. The highest BCUT2D eigenvalue weighted by molar-refractivity contribution is 5.56. The van der Waals surface area contributed by atoms with Gasteiger partial charge in [0.15, 0.2) is 5.82 Å². The summed E-state index contributed by atoms with van der Waals surface area (Å²) in [5, 5.41) is 2.96. The van der Waals surface area contributed by atoms with Crippen molar-refractivity contribution in [2.75, 3.05) is 26.5 Å². The van der Waals surface area contributed by atoms with Gasteiger partial charge in [-0.15, -0.1) is 0 Å². The molecule has 0 fully saturated rings. The van der Waals surface area contributed by atoms with E-state index >= 15 is 0 Å². The summed E-state index contributed by atoms with van der Waals surface area (Å²) in [6.45, 7) is 0.256. The third-order valence-corrected chi connectivity index (χ3v) is 4.34. The second-order valence-electron chi connectivity index (χ2n) is 6.57. The van der Waals surface area contributed by atoms with Crippen LogP contribution >= 0.6 is 0 Å². The fraction of sp³-hybridized carbons (Fsp3) is 0.227. The van der Waals surface area contributed by atoms with Gasteiger partial charge in [-0.05, 0) is 12.1 Å². The van der Waals surface area contributed by atoms with Crippen molar-refractivity contribution in [1.29, 1.82) is 0 Å². The van der Waals surface area contributed by atoms with Crippen molar-refractivity contribution >= 4 is 5.78 Å². The van der Waals surface area contributed by atoms with Crippen LogP contribution in [0, 0.1) is 0 Å². The van der Waals surface area contributed by atoms with Gasteiger partial charge in [0.1, 0.15) is 31.4 Å². The van der Waals surface area contributed by atoms with Gasteiger partial charge < -0.3 is 14.2 Å². The SMILES string of the molecule is O=c1cc(COc2cccc(OCCOCCF)c2)nc2nc(-c3ccccc3)[nH]n12. The third-order valence-electron chi connectivity index (χ3n) is 4.34. The molecule has 0 unspecified atom stereocenters. The number of aromatic nitrogens is 4. The molecule has 0 aliphatic heterocycles. The maximum atomic E-state index is 12.4. The molecule has 2 aromatic heterocycles. The number of aromatic amines is 1. The Kier molecular flexibility index (Phi) is 6.53. The lowest BCUT2D eigenvalue weighted by atomic mass is 10.2. The van der Waals surface area contributed by atoms with E-state index in [0.717, 1.165) is 5.56 Å². The molecule has 4 rings (SSSR count). The van der Waals surface area contributed by atoms with Crippen molar-refractivity contribution < 1.29 is 18.6 Å². The summed E-state index contributed by atoms with van der Waals surface area (Å²) in [6.07, 6.45) is 0. The Hall–Kier alpha value is -3.72. The summed E-state index contributed by atoms with van der Waals surface area (Å²) in [5.74, 6) is 2.00. The summed E-state index contributed by atoms with van der Waals surface area (Å²) >= 11 is 0. The first-order chi connectivity index (χ1) is 15.2. The van der Waals surface area contributed by atoms with Crippen molar-refractivity contribution in [3.8, 4) is 22.9 Å². The van der Waals surface area contributed by atoms with Gasteiger partial charge in [0.2, 0.25) is 0 Å². The van der Waals surface area contributed by atoms with Gasteiger partial charge in [0, 0.05) is 17.7 Å². The maximum Gasteiger partial charge on any atom is 0.274 e. The van der Waals surface area contributed by atoms with Gasteiger partial charge in [-0.25, -0.2) is 9.37 Å². The molecule has 9 heteroatoms. The first-order valence-electron chi connectivity index (χ1n) is 9.76. The molecule has 2 aromatic carbocycles. The van der Waals surface area contributed by atoms with Crippen LogP contribution in [0.2, 0.25) is 0 Å². The van der Waals surface area contributed by atoms with Gasteiger partial charge in [-0.2, -0.15) is 9.50 Å². The van der Waals surface area contributed by atoms with Crippen LogP contribution in [0.4, 0.5) is 4.39 Å². The summed E-state index contributed by atoms with van der Waals surface area (Å²) in [4.78, 5) is 21.3. The molecule has 4 aromatic rings. The lowest BCUT2D eigenvalue weighted by Gasteiger charge is -2.09. The number of alkyl halides is 1. The Balaban J connectivity index is 1.42. The summed E-state index contributed by atoms with van der Waals surface area (Å²) in [6, 6.07) is 18.0. The Bertz CT molecular complexity index is 1190. The normalized spacial score (nSPS) is 11.0. The van der Waals surface area contributed by atoms with E-state index in [2.05, 4.69) is 15.1 Å². The fourth-order valence-corrected chi connectivity index (χ4v) is 2.91. The lowest BCUT2D eigenvalue weighted by molar-refractivity contribution is 0.0896. The molecule has 0 aliphatic rings. The number of benzene rings is 2.